The van der Waals surface area contributed by atoms with Crippen molar-refractivity contribution in [2.45, 2.75) is 6.61 Å². The molecule has 5 heteroatoms. The molecule has 0 aliphatic carbocycles. The lowest BCUT2D eigenvalue weighted by Crippen LogP contribution is -2.20. The Balaban J connectivity index is 1.97. The van der Waals surface area contributed by atoms with Crippen LogP contribution in [0.15, 0.2) is 61.2 Å². The number of benzene rings is 2. The first-order chi connectivity index (χ1) is 11.6. The Bertz CT molecular complexity index is 757. The van der Waals surface area contributed by atoms with Gasteiger partial charge in [0.2, 0.25) is 5.91 Å². The van der Waals surface area contributed by atoms with Crippen molar-refractivity contribution in [3.8, 4) is 5.75 Å². The largest absolute Gasteiger partial charge is 0.487 e. The minimum Gasteiger partial charge on any atom is -0.487 e. The van der Waals surface area contributed by atoms with Gasteiger partial charge in [-0.25, -0.2) is 4.39 Å². The first kappa shape index (κ1) is 17.3. The summed E-state index contributed by atoms with van der Waals surface area (Å²) >= 11 is 0. The van der Waals surface area contributed by atoms with Gasteiger partial charge < -0.3 is 15.8 Å². The van der Waals surface area contributed by atoms with Gasteiger partial charge in [-0.1, -0.05) is 24.3 Å². The number of amides is 1. The molecule has 3 N–H and O–H groups in total. The Labute approximate surface area is 140 Å². The van der Waals surface area contributed by atoms with Crippen LogP contribution < -0.4 is 15.8 Å². The molecule has 0 aromatic heterocycles. The summed E-state index contributed by atoms with van der Waals surface area (Å²) < 4.78 is 18.7. The smallest absolute Gasteiger partial charge is 0.244 e. The van der Waals surface area contributed by atoms with Crippen LogP contribution in [0.4, 0.5) is 10.1 Å². The molecule has 0 saturated carbocycles. The predicted molar refractivity (Wildman–Crippen MR) is 93.8 cm³/mol. The molecule has 0 saturated heterocycles. The maximum atomic E-state index is 13.1. The van der Waals surface area contributed by atoms with E-state index in [0.717, 1.165) is 11.1 Å². The van der Waals surface area contributed by atoms with Crippen molar-refractivity contribution in [1.29, 1.82) is 0 Å². The molecule has 124 valence electrons. The maximum Gasteiger partial charge on any atom is 0.244 e. The van der Waals surface area contributed by atoms with Crippen LogP contribution in [0.5, 0.6) is 5.75 Å². The van der Waals surface area contributed by atoms with Crippen LogP contribution in [0.1, 0.15) is 11.1 Å². The lowest BCUT2D eigenvalue weighted by Gasteiger charge is -2.09. The van der Waals surface area contributed by atoms with Crippen molar-refractivity contribution < 1.29 is 13.9 Å². The molecule has 2 rings (SSSR count). The minimum atomic E-state index is -0.306. The number of carbonyl (C=O) groups excluding carboxylic acids is 1. The fraction of sp³-hybridized carbons (Fsp3) is 0.105. The average Bonchev–Trinajstić information content (AvgIpc) is 2.57. The quantitative estimate of drug-likeness (QED) is 0.466. The number of nitrogens with two attached hydrogens (primary N) is 1. The Morgan fingerprint density at radius 2 is 2.12 bits per heavy atom. The van der Waals surface area contributed by atoms with Crippen LogP contribution in [0.3, 0.4) is 0 Å². The fourth-order valence-electron chi connectivity index (χ4n) is 1.99. The Hall–Kier alpha value is -3.08. The Morgan fingerprint density at radius 1 is 1.29 bits per heavy atom. The highest BCUT2D eigenvalue weighted by molar-refractivity contribution is 5.91. The lowest BCUT2D eigenvalue weighted by atomic mass is 10.1. The summed E-state index contributed by atoms with van der Waals surface area (Å²) in [6.07, 6.45) is 4.69. The zero-order valence-electron chi connectivity index (χ0n) is 13.2. The summed E-state index contributed by atoms with van der Waals surface area (Å²) in [4.78, 5) is 11.5. The summed E-state index contributed by atoms with van der Waals surface area (Å²) in [5.74, 6) is -0.00768. The topological polar surface area (TPSA) is 64.3 Å². The second-order valence-corrected chi connectivity index (χ2v) is 5.08. The molecule has 0 fully saturated rings. The van der Waals surface area contributed by atoms with Gasteiger partial charge in [0.05, 0.1) is 5.69 Å². The molecule has 1 amide bonds. The number of halogens is 1. The summed E-state index contributed by atoms with van der Waals surface area (Å²) in [6, 6.07) is 11.4. The third kappa shape index (κ3) is 5.28. The van der Waals surface area contributed by atoms with E-state index in [1.165, 1.54) is 18.2 Å². The lowest BCUT2D eigenvalue weighted by molar-refractivity contribution is -0.116. The van der Waals surface area contributed by atoms with Gasteiger partial charge in [-0.3, -0.25) is 4.79 Å². The number of carbonyl (C=O) groups is 1. The molecule has 0 radical (unpaired) electrons. The van der Waals surface area contributed by atoms with Gasteiger partial charge in [-0.2, -0.15) is 0 Å². The summed E-state index contributed by atoms with van der Waals surface area (Å²) in [5.41, 5.74) is 7.90. The summed E-state index contributed by atoms with van der Waals surface area (Å²) in [7, 11) is 0. The SMILES string of the molecule is C=CCNC(=O)/C=C\c1ccc(OCc2cccc(F)c2)c(N)c1. The second kappa shape index (κ2) is 8.53. The van der Waals surface area contributed by atoms with Crippen molar-refractivity contribution in [3.05, 3.63) is 78.1 Å². The minimum absolute atomic E-state index is 0.208. The van der Waals surface area contributed by atoms with Crippen molar-refractivity contribution in [1.82, 2.24) is 5.32 Å². The van der Waals surface area contributed by atoms with Gasteiger partial charge in [0, 0.05) is 12.6 Å². The maximum absolute atomic E-state index is 13.1. The molecule has 0 aliphatic heterocycles. The monoisotopic (exact) mass is 326 g/mol. The first-order valence-corrected chi connectivity index (χ1v) is 7.42. The highest BCUT2D eigenvalue weighted by atomic mass is 19.1. The molecule has 0 atom stereocenters. The van der Waals surface area contributed by atoms with Gasteiger partial charge in [-0.15, -0.1) is 6.58 Å². The fourth-order valence-corrected chi connectivity index (χ4v) is 1.99. The number of hydrogen-bond acceptors (Lipinski definition) is 3. The number of rotatable bonds is 7. The zero-order valence-corrected chi connectivity index (χ0v) is 13.2. The molecule has 0 heterocycles. The van der Waals surface area contributed by atoms with Crippen molar-refractivity contribution >= 4 is 17.7 Å². The molecule has 2 aromatic rings. The Kier molecular flexibility index (Phi) is 6.14. The second-order valence-electron chi connectivity index (χ2n) is 5.08. The van der Waals surface area contributed by atoms with E-state index in [2.05, 4.69) is 11.9 Å². The molecular weight excluding hydrogens is 307 g/mol. The number of nitrogen functional groups attached to an aromatic ring is 1. The Morgan fingerprint density at radius 3 is 2.83 bits per heavy atom. The van der Waals surface area contributed by atoms with E-state index in [1.54, 1.807) is 42.5 Å². The van der Waals surface area contributed by atoms with Crippen LogP contribution in [0.25, 0.3) is 6.08 Å². The van der Waals surface area contributed by atoms with Crippen molar-refractivity contribution in [2.75, 3.05) is 12.3 Å². The highest BCUT2D eigenvalue weighted by Crippen LogP contribution is 2.24. The molecule has 2 aromatic carbocycles. The number of nitrogens with one attached hydrogen (secondary N) is 1. The normalized spacial score (nSPS) is 10.5. The van der Waals surface area contributed by atoms with Crippen LogP contribution in [0, 0.1) is 5.82 Å². The van der Waals surface area contributed by atoms with Gasteiger partial charge >= 0.3 is 0 Å². The van der Waals surface area contributed by atoms with E-state index >= 15 is 0 Å². The van der Waals surface area contributed by atoms with E-state index in [0.29, 0.717) is 18.0 Å². The molecule has 0 spiro atoms. The van der Waals surface area contributed by atoms with E-state index in [1.807, 2.05) is 0 Å². The molecule has 0 bridgehead atoms. The summed E-state index contributed by atoms with van der Waals surface area (Å²) in [6.45, 7) is 4.16. The van der Waals surface area contributed by atoms with Gasteiger partial charge in [0.15, 0.2) is 0 Å². The van der Waals surface area contributed by atoms with Crippen molar-refractivity contribution in [3.63, 3.8) is 0 Å². The van der Waals surface area contributed by atoms with Crippen LogP contribution in [0.2, 0.25) is 0 Å². The van der Waals surface area contributed by atoms with E-state index < -0.39 is 0 Å². The van der Waals surface area contributed by atoms with Crippen LogP contribution >= 0.6 is 0 Å². The van der Waals surface area contributed by atoms with Crippen LogP contribution in [-0.2, 0) is 11.4 Å². The van der Waals surface area contributed by atoms with Crippen LogP contribution in [-0.4, -0.2) is 12.5 Å². The molecular formula is C19H19FN2O2. The molecule has 4 nitrogen and oxygen atoms in total. The number of ether oxygens (including phenoxy) is 1. The third-order valence-corrected chi connectivity index (χ3v) is 3.16. The van der Waals surface area contributed by atoms with E-state index in [4.69, 9.17) is 10.5 Å². The van der Waals surface area contributed by atoms with Gasteiger partial charge in [-0.05, 0) is 41.5 Å². The number of hydrogen-bond donors (Lipinski definition) is 2. The highest BCUT2D eigenvalue weighted by Gasteiger charge is 2.03. The molecule has 24 heavy (non-hydrogen) atoms. The van der Waals surface area contributed by atoms with Gasteiger partial charge in [0.1, 0.15) is 18.2 Å². The summed E-state index contributed by atoms with van der Waals surface area (Å²) in [5, 5.41) is 2.64. The van der Waals surface area contributed by atoms with Crippen molar-refractivity contribution in [2.24, 2.45) is 0 Å². The first-order valence-electron chi connectivity index (χ1n) is 7.42. The average molecular weight is 326 g/mol. The molecule has 0 unspecified atom stereocenters. The van der Waals surface area contributed by atoms with E-state index in [-0.39, 0.29) is 18.3 Å². The predicted octanol–water partition coefficient (Wildman–Crippen LogP) is 3.30. The standard InChI is InChI=1S/C19H19FN2O2/c1-2-10-22-19(23)9-7-14-6-8-18(17(21)12-14)24-13-15-4-3-5-16(20)11-15/h2-9,11-12H,1,10,13,21H2,(H,22,23)/b9-7-. The zero-order chi connectivity index (χ0) is 17.4. The van der Waals surface area contributed by atoms with E-state index in [9.17, 15) is 9.18 Å². The molecule has 0 aliphatic rings. The third-order valence-electron chi connectivity index (χ3n) is 3.16. The van der Waals surface area contributed by atoms with Gasteiger partial charge in [0.25, 0.3) is 0 Å². The number of anilines is 1.